The van der Waals surface area contributed by atoms with Gasteiger partial charge in [0.2, 0.25) is 0 Å². The molecule has 1 fully saturated rings. The molecule has 2 unspecified atom stereocenters. The third-order valence-corrected chi connectivity index (χ3v) is 4.31. The Hall–Kier alpha value is -1.36. The summed E-state index contributed by atoms with van der Waals surface area (Å²) >= 11 is 0. The van der Waals surface area contributed by atoms with E-state index in [1.54, 1.807) is 4.68 Å². The van der Waals surface area contributed by atoms with E-state index in [4.69, 9.17) is 0 Å². The highest BCUT2D eigenvalue weighted by Crippen LogP contribution is 2.30. The number of carbonyl (C=O) groups is 1. The van der Waals surface area contributed by atoms with Crippen molar-refractivity contribution in [2.45, 2.75) is 33.1 Å². The predicted molar refractivity (Wildman–Crippen MR) is 72.9 cm³/mol. The summed E-state index contributed by atoms with van der Waals surface area (Å²) in [5.41, 5.74) is 2.34. The minimum atomic E-state index is -0.0494. The summed E-state index contributed by atoms with van der Waals surface area (Å²) < 4.78 is 1.73. The summed E-state index contributed by atoms with van der Waals surface area (Å²) in [6, 6.07) is 0. The molecule has 1 aromatic heterocycles. The van der Waals surface area contributed by atoms with Crippen LogP contribution in [0.3, 0.4) is 0 Å². The lowest BCUT2D eigenvalue weighted by Crippen LogP contribution is -2.32. The lowest BCUT2D eigenvalue weighted by Gasteiger charge is -2.17. The summed E-state index contributed by atoms with van der Waals surface area (Å²) in [6.45, 7) is 4.64. The molecule has 1 amide bonds. The largest absolute Gasteiger partial charge is 0.396 e. The maximum atomic E-state index is 12.2. The number of aliphatic hydroxyl groups is 1. The Morgan fingerprint density at radius 3 is 2.68 bits per heavy atom. The molecule has 0 aromatic carbocycles. The number of hydrogen-bond acceptors (Lipinski definition) is 3. The third-order valence-electron chi connectivity index (χ3n) is 4.31. The lowest BCUT2D eigenvalue weighted by atomic mass is 9.97. The molecule has 1 aliphatic carbocycles. The molecule has 5 heteroatoms. The Bertz CT molecular complexity index is 468. The number of rotatable bonds is 4. The van der Waals surface area contributed by atoms with Gasteiger partial charge < -0.3 is 10.4 Å². The Balaban J connectivity index is 1.98. The highest BCUT2D eigenvalue weighted by Gasteiger charge is 2.27. The minimum Gasteiger partial charge on any atom is -0.396 e. The van der Waals surface area contributed by atoms with Crippen molar-refractivity contribution in [3.63, 3.8) is 0 Å². The van der Waals surface area contributed by atoms with Gasteiger partial charge in [0.15, 0.2) is 0 Å². The van der Waals surface area contributed by atoms with Crippen LogP contribution in [0.25, 0.3) is 0 Å². The normalized spacial score (nSPS) is 22.7. The molecule has 2 atom stereocenters. The van der Waals surface area contributed by atoms with Crippen LogP contribution in [-0.2, 0) is 7.05 Å². The van der Waals surface area contributed by atoms with Crippen molar-refractivity contribution in [2.24, 2.45) is 18.9 Å². The molecule has 0 radical (unpaired) electrons. The Kier molecular flexibility index (Phi) is 4.24. The van der Waals surface area contributed by atoms with Gasteiger partial charge in [-0.1, -0.05) is 6.42 Å². The zero-order valence-electron chi connectivity index (χ0n) is 11.9. The van der Waals surface area contributed by atoms with Crippen molar-refractivity contribution in [3.8, 4) is 0 Å². The number of aryl methyl sites for hydroxylation is 2. The first-order valence-corrected chi connectivity index (χ1v) is 6.93. The molecule has 5 nitrogen and oxygen atoms in total. The molecule has 0 saturated heterocycles. The van der Waals surface area contributed by atoms with Gasteiger partial charge in [-0.05, 0) is 38.5 Å². The van der Waals surface area contributed by atoms with Gasteiger partial charge in [0, 0.05) is 25.9 Å². The second kappa shape index (κ2) is 5.74. The SMILES string of the molecule is Cc1nn(C)c(C)c1C(=O)NCC1CCCC1CO. The topological polar surface area (TPSA) is 67.2 Å². The molecule has 106 valence electrons. The predicted octanol–water partition coefficient (Wildman–Crippen LogP) is 1.18. The first-order valence-electron chi connectivity index (χ1n) is 6.93. The highest BCUT2D eigenvalue weighted by atomic mass is 16.3. The molecule has 1 aliphatic rings. The van der Waals surface area contributed by atoms with E-state index in [1.165, 1.54) is 0 Å². The van der Waals surface area contributed by atoms with Crippen LogP contribution in [0.15, 0.2) is 0 Å². The van der Waals surface area contributed by atoms with E-state index in [0.717, 1.165) is 30.7 Å². The number of aliphatic hydroxyl groups excluding tert-OH is 1. The summed E-state index contributed by atoms with van der Waals surface area (Å²) in [5, 5.41) is 16.5. The first kappa shape index (κ1) is 14.1. The fraction of sp³-hybridized carbons (Fsp3) is 0.714. The molecule has 0 aliphatic heterocycles. The van der Waals surface area contributed by atoms with Gasteiger partial charge in [-0.15, -0.1) is 0 Å². The standard InChI is InChI=1S/C14H23N3O2/c1-9-13(10(2)17(3)16-9)14(19)15-7-11-5-4-6-12(11)8-18/h11-12,18H,4-8H2,1-3H3,(H,15,19). The Morgan fingerprint density at radius 1 is 1.42 bits per heavy atom. The molecule has 1 saturated carbocycles. The van der Waals surface area contributed by atoms with Crippen molar-refractivity contribution < 1.29 is 9.90 Å². The van der Waals surface area contributed by atoms with Crippen LogP contribution in [0, 0.1) is 25.7 Å². The average molecular weight is 265 g/mol. The van der Waals surface area contributed by atoms with Crippen LogP contribution in [0.5, 0.6) is 0 Å². The zero-order valence-corrected chi connectivity index (χ0v) is 11.9. The number of nitrogens with one attached hydrogen (secondary N) is 1. The first-order chi connectivity index (χ1) is 9.04. The van der Waals surface area contributed by atoms with Gasteiger partial charge in [0.05, 0.1) is 11.3 Å². The van der Waals surface area contributed by atoms with Crippen molar-refractivity contribution in [1.29, 1.82) is 0 Å². The Labute approximate surface area is 114 Å². The van der Waals surface area contributed by atoms with E-state index in [2.05, 4.69) is 10.4 Å². The van der Waals surface area contributed by atoms with Crippen LogP contribution in [0.1, 0.15) is 41.0 Å². The maximum Gasteiger partial charge on any atom is 0.255 e. The highest BCUT2D eigenvalue weighted by molar-refractivity contribution is 5.96. The quantitative estimate of drug-likeness (QED) is 0.859. The average Bonchev–Trinajstić information content (AvgIpc) is 2.92. The van der Waals surface area contributed by atoms with Gasteiger partial charge in [-0.3, -0.25) is 9.48 Å². The van der Waals surface area contributed by atoms with Crippen LogP contribution in [0.2, 0.25) is 0 Å². The van der Waals surface area contributed by atoms with Crippen molar-refractivity contribution >= 4 is 5.91 Å². The van der Waals surface area contributed by atoms with Crippen molar-refractivity contribution in [1.82, 2.24) is 15.1 Å². The minimum absolute atomic E-state index is 0.0494. The summed E-state index contributed by atoms with van der Waals surface area (Å²) in [7, 11) is 1.85. The smallest absolute Gasteiger partial charge is 0.255 e. The van der Waals surface area contributed by atoms with E-state index >= 15 is 0 Å². The maximum absolute atomic E-state index is 12.2. The second-order valence-electron chi connectivity index (χ2n) is 5.51. The summed E-state index contributed by atoms with van der Waals surface area (Å²) in [4.78, 5) is 12.2. The van der Waals surface area contributed by atoms with Crippen molar-refractivity contribution in [2.75, 3.05) is 13.2 Å². The van der Waals surface area contributed by atoms with E-state index in [-0.39, 0.29) is 12.5 Å². The van der Waals surface area contributed by atoms with E-state index in [1.807, 2.05) is 20.9 Å². The van der Waals surface area contributed by atoms with Gasteiger partial charge in [0.25, 0.3) is 5.91 Å². The molecule has 1 heterocycles. The molecule has 2 rings (SSSR count). The summed E-state index contributed by atoms with van der Waals surface area (Å²) in [5.74, 6) is 0.703. The number of hydrogen-bond donors (Lipinski definition) is 2. The third kappa shape index (κ3) is 2.81. The van der Waals surface area contributed by atoms with Crippen LogP contribution in [-0.4, -0.2) is 33.9 Å². The molecular weight excluding hydrogens is 242 g/mol. The number of nitrogens with zero attached hydrogens (tertiary/aromatic N) is 2. The fourth-order valence-electron chi connectivity index (χ4n) is 3.04. The van der Waals surface area contributed by atoms with Crippen molar-refractivity contribution in [3.05, 3.63) is 17.0 Å². The van der Waals surface area contributed by atoms with Crippen LogP contribution in [0.4, 0.5) is 0 Å². The lowest BCUT2D eigenvalue weighted by molar-refractivity contribution is 0.0936. The molecule has 0 bridgehead atoms. The Morgan fingerprint density at radius 2 is 2.11 bits per heavy atom. The molecular formula is C14H23N3O2. The molecule has 19 heavy (non-hydrogen) atoms. The zero-order chi connectivity index (χ0) is 14.0. The second-order valence-corrected chi connectivity index (χ2v) is 5.51. The number of carbonyl (C=O) groups excluding carboxylic acids is 1. The van der Waals surface area contributed by atoms with Crippen LogP contribution >= 0.6 is 0 Å². The summed E-state index contributed by atoms with van der Waals surface area (Å²) in [6.07, 6.45) is 3.31. The van der Waals surface area contributed by atoms with Gasteiger partial charge in [-0.2, -0.15) is 5.10 Å². The van der Waals surface area contributed by atoms with Gasteiger partial charge in [-0.25, -0.2) is 0 Å². The fourth-order valence-corrected chi connectivity index (χ4v) is 3.04. The van der Waals surface area contributed by atoms with E-state index in [0.29, 0.717) is 23.9 Å². The molecule has 1 aromatic rings. The number of amides is 1. The molecule has 0 spiro atoms. The van der Waals surface area contributed by atoms with E-state index in [9.17, 15) is 9.90 Å². The monoisotopic (exact) mass is 265 g/mol. The number of aromatic nitrogens is 2. The molecule has 2 N–H and O–H groups in total. The van der Waals surface area contributed by atoms with Gasteiger partial charge in [0.1, 0.15) is 0 Å². The van der Waals surface area contributed by atoms with Gasteiger partial charge >= 0.3 is 0 Å². The van der Waals surface area contributed by atoms with Crippen LogP contribution < -0.4 is 5.32 Å². The van der Waals surface area contributed by atoms with E-state index < -0.39 is 0 Å².